The fraction of sp³-hybridized carbons (Fsp3) is 0. The van der Waals surface area contributed by atoms with Crippen molar-refractivity contribution in [3.8, 4) is 11.1 Å². The van der Waals surface area contributed by atoms with Crippen LogP contribution in [0.5, 0.6) is 0 Å². The number of nitrogens with two attached hydrogens (primary N) is 1. The highest BCUT2D eigenvalue weighted by Gasteiger charge is 2.13. The molecule has 20 heavy (non-hydrogen) atoms. The second kappa shape index (κ2) is 4.36. The van der Waals surface area contributed by atoms with E-state index in [9.17, 15) is 0 Å². The number of hydrogen-bond donors (Lipinski definition) is 1. The van der Waals surface area contributed by atoms with Crippen molar-refractivity contribution in [3.63, 3.8) is 0 Å². The van der Waals surface area contributed by atoms with Gasteiger partial charge in [-0.1, -0.05) is 48.5 Å². The molecule has 0 fully saturated rings. The van der Waals surface area contributed by atoms with E-state index in [0.717, 1.165) is 11.3 Å². The van der Waals surface area contributed by atoms with Crippen molar-refractivity contribution in [1.29, 1.82) is 0 Å². The molecule has 0 aliphatic carbocycles. The number of benzene rings is 3. The number of anilines is 1. The molecule has 0 spiro atoms. The molecular formula is C18H13NS. The summed E-state index contributed by atoms with van der Waals surface area (Å²) in [6.07, 6.45) is 0. The minimum absolute atomic E-state index is 0.840. The quantitative estimate of drug-likeness (QED) is 0.468. The lowest BCUT2D eigenvalue weighted by Gasteiger charge is -2.08. The molecule has 2 N–H and O–H groups in total. The molecule has 0 saturated carbocycles. The van der Waals surface area contributed by atoms with E-state index < -0.39 is 0 Å². The second-order valence-corrected chi connectivity index (χ2v) is 5.95. The van der Waals surface area contributed by atoms with E-state index in [0.29, 0.717) is 0 Å². The zero-order chi connectivity index (χ0) is 13.5. The van der Waals surface area contributed by atoms with E-state index in [4.69, 9.17) is 5.73 Å². The molecule has 1 aromatic heterocycles. The molecule has 0 saturated heterocycles. The van der Waals surface area contributed by atoms with Crippen LogP contribution >= 0.6 is 11.3 Å². The first-order valence-electron chi connectivity index (χ1n) is 6.60. The lowest BCUT2D eigenvalue weighted by Crippen LogP contribution is -1.90. The van der Waals surface area contributed by atoms with Crippen LogP contribution in [-0.4, -0.2) is 0 Å². The second-order valence-electron chi connectivity index (χ2n) is 4.87. The molecule has 4 rings (SSSR count). The third-order valence-electron chi connectivity index (χ3n) is 3.64. The molecule has 0 unspecified atom stereocenters. The first-order valence-corrected chi connectivity index (χ1v) is 7.41. The first-order chi connectivity index (χ1) is 9.84. The van der Waals surface area contributed by atoms with Crippen LogP contribution in [0.15, 0.2) is 66.7 Å². The van der Waals surface area contributed by atoms with Gasteiger partial charge in [-0.05, 0) is 23.8 Å². The molecule has 0 aliphatic rings. The van der Waals surface area contributed by atoms with Crippen molar-refractivity contribution >= 4 is 37.2 Å². The van der Waals surface area contributed by atoms with Gasteiger partial charge in [0.25, 0.3) is 0 Å². The monoisotopic (exact) mass is 275 g/mol. The standard InChI is InChI=1S/C18H13NS/c19-14-10-11-16-18(13-8-4-5-9-15(13)20-16)17(14)12-6-2-1-3-7-12/h1-11H,19H2. The summed E-state index contributed by atoms with van der Waals surface area (Å²) in [5, 5.41) is 2.57. The summed E-state index contributed by atoms with van der Waals surface area (Å²) >= 11 is 1.82. The average Bonchev–Trinajstić information content (AvgIpc) is 2.87. The Balaban J connectivity index is 2.21. The Morgan fingerprint density at radius 1 is 0.700 bits per heavy atom. The zero-order valence-electron chi connectivity index (χ0n) is 10.8. The maximum absolute atomic E-state index is 6.27. The van der Waals surface area contributed by atoms with Crippen LogP contribution < -0.4 is 5.73 Å². The predicted octanol–water partition coefficient (Wildman–Crippen LogP) is 5.30. The Bertz CT molecular complexity index is 907. The van der Waals surface area contributed by atoms with Gasteiger partial charge in [0, 0.05) is 31.4 Å². The van der Waals surface area contributed by atoms with Crippen LogP contribution in [0.2, 0.25) is 0 Å². The van der Waals surface area contributed by atoms with Gasteiger partial charge in [-0.2, -0.15) is 0 Å². The number of fused-ring (bicyclic) bond motifs is 3. The minimum atomic E-state index is 0.840. The van der Waals surface area contributed by atoms with Crippen LogP contribution in [0.4, 0.5) is 5.69 Å². The smallest absolute Gasteiger partial charge is 0.0401 e. The van der Waals surface area contributed by atoms with E-state index in [1.165, 1.54) is 25.7 Å². The molecule has 0 bridgehead atoms. The summed E-state index contributed by atoms with van der Waals surface area (Å²) in [4.78, 5) is 0. The zero-order valence-corrected chi connectivity index (χ0v) is 11.7. The molecule has 2 heteroatoms. The number of nitrogen functional groups attached to an aromatic ring is 1. The van der Waals surface area contributed by atoms with Gasteiger partial charge in [0.05, 0.1) is 0 Å². The molecule has 1 heterocycles. The Labute approximate surface area is 121 Å². The number of rotatable bonds is 1. The molecule has 96 valence electrons. The first kappa shape index (κ1) is 11.5. The van der Waals surface area contributed by atoms with Gasteiger partial charge in [0.2, 0.25) is 0 Å². The summed E-state index contributed by atoms with van der Waals surface area (Å²) in [6.45, 7) is 0. The molecule has 0 atom stereocenters. The molecule has 1 nitrogen and oxygen atoms in total. The molecule has 3 aromatic carbocycles. The van der Waals surface area contributed by atoms with E-state index in [1.807, 2.05) is 23.5 Å². The summed E-state index contributed by atoms with van der Waals surface area (Å²) in [6, 6.07) is 23.1. The highest BCUT2D eigenvalue weighted by atomic mass is 32.1. The fourth-order valence-electron chi connectivity index (χ4n) is 2.75. The third-order valence-corrected chi connectivity index (χ3v) is 4.77. The lowest BCUT2D eigenvalue weighted by molar-refractivity contribution is 1.66. The third kappa shape index (κ3) is 1.62. The van der Waals surface area contributed by atoms with E-state index in [-0.39, 0.29) is 0 Å². The molecule has 0 aliphatic heterocycles. The van der Waals surface area contributed by atoms with Crippen molar-refractivity contribution in [3.05, 3.63) is 66.7 Å². The van der Waals surface area contributed by atoms with E-state index in [2.05, 4.69) is 54.6 Å². The topological polar surface area (TPSA) is 26.0 Å². The van der Waals surface area contributed by atoms with Gasteiger partial charge in [-0.3, -0.25) is 0 Å². The number of thiophene rings is 1. The highest BCUT2D eigenvalue weighted by Crippen LogP contribution is 2.42. The summed E-state index contributed by atoms with van der Waals surface area (Å²) in [5.74, 6) is 0. The van der Waals surface area contributed by atoms with Crippen LogP contribution in [0.1, 0.15) is 0 Å². The Kier molecular flexibility index (Phi) is 2.51. The molecule has 4 aromatic rings. The number of hydrogen-bond acceptors (Lipinski definition) is 2. The minimum Gasteiger partial charge on any atom is -0.398 e. The van der Waals surface area contributed by atoms with Gasteiger partial charge in [0.1, 0.15) is 0 Å². The van der Waals surface area contributed by atoms with Crippen molar-refractivity contribution < 1.29 is 0 Å². The SMILES string of the molecule is Nc1ccc2sc3ccccc3c2c1-c1ccccc1. The van der Waals surface area contributed by atoms with Gasteiger partial charge < -0.3 is 5.73 Å². The van der Waals surface area contributed by atoms with Crippen molar-refractivity contribution in [2.75, 3.05) is 5.73 Å². The molecule has 0 radical (unpaired) electrons. The fourth-order valence-corrected chi connectivity index (χ4v) is 3.86. The summed E-state index contributed by atoms with van der Waals surface area (Å²) in [7, 11) is 0. The Hall–Kier alpha value is -2.32. The van der Waals surface area contributed by atoms with E-state index in [1.54, 1.807) is 0 Å². The van der Waals surface area contributed by atoms with Gasteiger partial charge in [-0.25, -0.2) is 0 Å². The molecular weight excluding hydrogens is 262 g/mol. The van der Waals surface area contributed by atoms with Gasteiger partial charge >= 0.3 is 0 Å². The predicted molar refractivity (Wildman–Crippen MR) is 89.2 cm³/mol. The molecule has 0 amide bonds. The van der Waals surface area contributed by atoms with Crippen LogP contribution in [-0.2, 0) is 0 Å². The Morgan fingerprint density at radius 2 is 1.45 bits per heavy atom. The maximum atomic E-state index is 6.27. The van der Waals surface area contributed by atoms with Crippen molar-refractivity contribution in [1.82, 2.24) is 0 Å². The maximum Gasteiger partial charge on any atom is 0.0401 e. The van der Waals surface area contributed by atoms with Crippen LogP contribution in [0, 0.1) is 0 Å². The van der Waals surface area contributed by atoms with Gasteiger partial charge in [0.15, 0.2) is 0 Å². The summed E-state index contributed by atoms with van der Waals surface area (Å²) in [5.41, 5.74) is 9.45. The Morgan fingerprint density at radius 3 is 2.30 bits per heavy atom. The summed E-state index contributed by atoms with van der Waals surface area (Å²) < 4.78 is 2.60. The van der Waals surface area contributed by atoms with Crippen LogP contribution in [0.3, 0.4) is 0 Å². The highest BCUT2D eigenvalue weighted by molar-refractivity contribution is 7.26. The van der Waals surface area contributed by atoms with Crippen LogP contribution in [0.25, 0.3) is 31.3 Å². The van der Waals surface area contributed by atoms with Crippen molar-refractivity contribution in [2.45, 2.75) is 0 Å². The largest absolute Gasteiger partial charge is 0.398 e. The lowest BCUT2D eigenvalue weighted by atomic mass is 9.98. The van der Waals surface area contributed by atoms with Crippen molar-refractivity contribution in [2.24, 2.45) is 0 Å². The normalized spacial score (nSPS) is 11.2. The van der Waals surface area contributed by atoms with Gasteiger partial charge in [-0.15, -0.1) is 11.3 Å². The average molecular weight is 275 g/mol. The van der Waals surface area contributed by atoms with E-state index >= 15 is 0 Å².